The lowest BCUT2D eigenvalue weighted by Crippen LogP contribution is -2.33. The van der Waals surface area contributed by atoms with E-state index in [1.165, 1.54) is 0 Å². The van der Waals surface area contributed by atoms with Gasteiger partial charge in [0.1, 0.15) is 0 Å². The molecule has 0 saturated carbocycles. The van der Waals surface area contributed by atoms with Crippen molar-refractivity contribution in [1.29, 1.82) is 0 Å². The number of nitrogens with one attached hydrogen (secondary N) is 2. The van der Waals surface area contributed by atoms with Crippen molar-refractivity contribution in [3.05, 3.63) is 42.0 Å². The van der Waals surface area contributed by atoms with Crippen LogP contribution >= 0.6 is 0 Å². The molecule has 0 spiro atoms. The van der Waals surface area contributed by atoms with Crippen molar-refractivity contribution in [2.75, 3.05) is 5.32 Å². The van der Waals surface area contributed by atoms with Gasteiger partial charge in [-0.1, -0.05) is 31.5 Å². The van der Waals surface area contributed by atoms with Crippen LogP contribution in [0, 0.1) is 0 Å². The molecule has 0 fully saturated rings. The molecular weight excluding hydrogens is 260 g/mol. The van der Waals surface area contributed by atoms with Crippen LogP contribution in [0.1, 0.15) is 18.9 Å². The van der Waals surface area contributed by atoms with Crippen molar-refractivity contribution in [2.24, 2.45) is 0 Å². The Morgan fingerprint density at radius 1 is 1.20 bits per heavy atom. The third kappa shape index (κ3) is 5.34. The van der Waals surface area contributed by atoms with Gasteiger partial charge in [0, 0.05) is 17.8 Å². The zero-order valence-electron chi connectivity index (χ0n) is 11.1. The first kappa shape index (κ1) is 15.4. The number of carboxylic acids is 1. The highest BCUT2D eigenvalue weighted by molar-refractivity contribution is 6.06. The van der Waals surface area contributed by atoms with E-state index in [0.29, 0.717) is 11.8 Å². The molecular formula is C14H16N2O4. The number of para-hydroxylation sites is 1. The van der Waals surface area contributed by atoms with E-state index in [1.807, 2.05) is 24.4 Å². The molecule has 0 aliphatic rings. The smallest absolute Gasteiger partial charge is 0.328 e. The van der Waals surface area contributed by atoms with Crippen LogP contribution in [-0.4, -0.2) is 23.0 Å². The summed E-state index contributed by atoms with van der Waals surface area (Å²) in [5.41, 5.74) is 1.60. The van der Waals surface area contributed by atoms with Crippen molar-refractivity contribution in [3.8, 4) is 0 Å². The third-order valence-electron chi connectivity index (χ3n) is 2.40. The number of hydrogen-bond donors (Lipinski definition) is 3. The molecule has 0 radical (unpaired) electrons. The van der Waals surface area contributed by atoms with Crippen molar-refractivity contribution < 1.29 is 19.5 Å². The Labute approximate surface area is 116 Å². The van der Waals surface area contributed by atoms with Gasteiger partial charge >= 0.3 is 12.0 Å². The van der Waals surface area contributed by atoms with Crippen LogP contribution in [0.25, 0.3) is 0 Å². The lowest BCUT2D eigenvalue weighted by molar-refractivity contribution is -0.131. The van der Waals surface area contributed by atoms with Crippen LogP contribution < -0.4 is 10.6 Å². The molecule has 0 bridgehead atoms. The number of hydrogen-bond acceptors (Lipinski definition) is 3. The van der Waals surface area contributed by atoms with Crippen LogP contribution in [0.4, 0.5) is 10.5 Å². The molecule has 6 heteroatoms. The summed E-state index contributed by atoms with van der Waals surface area (Å²) in [5, 5.41) is 12.9. The summed E-state index contributed by atoms with van der Waals surface area (Å²) >= 11 is 0. The fourth-order valence-electron chi connectivity index (χ4n) is 1.58. The summed E-state index contributed by atoms with van der Waals surface area (Å²) in [4.78, 5) is 33.1. The SMILES string of the molecule is CCCc1ccccc1NC(=O)NC(=O)C=CC(=O)O. The maximum atomic E-state index is 11.6. The number of carbonyl (C=O) groups is 3. The first-order chi connectivity index (χ1) is 9.52. The second kappa shape index (κ2) is 7.73. The zero-order valence-corrected chi connectivity index (χ0v) is 11.1. The summed E-state index contributed by atoms with van der Waals surface area (Å²) in [6.45, 7) is 2.02. The second-order valence-electron chi connectivity index (χ2n) is 4.02. The number of imide groups is 1. The Balaban J connectivity index is 2.62. The molecule has 0 atom stereocenters. The highest BCUT2D eigenvalue weighted by atomic mass is 16.4. The summed E-state index contributed by atoms with van der Waals surface area (Å²) in [7, 11) is 0. The van der Waals surface area contributed by atoms with Crippen LogP contribution in [0.15, 0.2) is 36.4 Å². The summed E-state index contributed by atoms with van der Waals surface area (Å²) in [6.07, 6.45) is 3.18. The van der Waals surface area contributed by atoms with Gasteiger partial charge in [0.05, 0.1) is 0 Å². The number of aliphatic carboxylic acids is 1. The van der Waals surface area contributed by atoms with Crippen molar-refractivity contribution >= 4 is 23.6 Å². The van der Waals surface area contributed by atoms with Gasteiger partial charge in [0.2, 0.25) is 0 Å². The van der Waals surface area contributed by atoms with Gasteiger partial charge in [-0.15, -0.1) is 0 Å². The average molecular weight is 276 g/mol. The van der Waals surface area contributed by atoms with Crippen LogP contribution in [0.2, 0.25) is 0 Å². The first-order valence-corrected chi connectivity index (χ1v) is 6.13. The third-order valence-corrected chi connectivity index (χ3v) is 2.40. The monoisotopic (exact) mass is 276 g/mol. The number of urea groups is 1. The molecule has 1 aromatic rings. The minimum Gasteiger partial charge on any atom is -0.478 e. The van der Waals surface area contributed by atoms with Crippen molar-refractivity contribution in [3.63, 3.8) is 0 Å². The number of amides is 3. The minimum atomic E-state index is -1.26. The molecule has 106 valence electrons. The van der Waals surface area contributed by atoms with E-state index in [9.17, 15) is 14.4 Å². The number of rotatable bonds is 5. The molecule has 0 aromatic heterocycles. The maximum Gasteiger partial charge on any atom is 0.328 e. The Morgan fingerprint density at radius 2 is 1.90 bits per heavy atom. The number of carbonyl (C=O) groups excluding carboxylic acids is 2. The van der Waals surface area contributed by atoms with Crippen LogP contribution in [-0.2, 0) is 16.0 Å². The van der Waals surface area contributed by atoms with E-state index in [1.54, 1.807) is 12.1 Å². The molecule has 3 amide bonds. The van der Waals surface area contributed by atoms with Gasteiger partial charge < -0.3 is 10.4 Å². The van der Waals surface area contributed by atoms with Gasteiger partial charge in [-0.3, -0.25) is 10.1 Å². The lowest BCUT2D eigenvalue weighted by atomic mass is 10.1. The number of aryl methyl sites for hydroxylation is 1. The average Bonchev–Trinajstić information content (AvgIpc) is 2.39. The largest absolute Gasteiger partial charge is 0.478 e. The highest BCUT2D eigenvalue weighted by Crippen LogP contribution is 2.16. The van der Waals surface area contributed by atoms with Gasteiger partial charge in [0.25, 0.3) is 5.91 Å². The normalized spacial score (nSPS) is 10.2. The first-order valence-electron chi connectivity index (χ1n) is 6.13. The Hall–Kier alpha value is -2.63. The summed E-state index contributed by atoms with van der Waals surface area (Å²) in [5.74, 6) is -2.05. The minimum absolute atomic E-state index is 0.627. The van der Waals surface area contributed by atoms with E-state index >= 15 is 0 Å². The predicted molar refractivity (Wildman–Crippen MR) is 74.4 cm³/mol. The van der Waals surface area contributed by atoms with E-state index in [-0.39, 0.29) is 0 Å². The Kier molecular flexibility index (Phi) is 5.96. The molecule has 6 nitrogen and oxygen atoms in total. The van der Waals surface area contributed by atoms with Crippen LogP contribution in [0.3, 0.4) is 0 Å². The standard InChI is InChI=1S/C14H16N2O4/c1-2-5-10-6-3-4-7-11(10)15-14(20)16-12(17)8-9-13(18)19/h3-4,6-9H,2,5H2,1H3,(H,18,19)(H2,15,16,17,20). The molecule has 3 N–H and O–H groups in total. The molecule has 1 aromatic carbocycles. The van der Waals surface area contributed by atoms with Gasteiger partial charge in [-0.25, -0.2) is 9.59 Å². The lowest BCUT2D eigenvalue weighted by Gasteiger charge is -2.10. The number of benzene rings is 1. The molecule has 1 rings (SSSR count). The maximum absolute atomic E-state index is 11.6. The summed E-state index contributed by atoms with van der Waals surface area (Å²) in [6, 6.07) is 6.58. The van der Waals surface area contributed by atoms with Crippen LogP contribution in [0.5, 0.6) is 0 Å². The Bertz CT molecular complexity index is 538. The second-order valence-corrected chi connectivity index (χ2v) is 4.02. The molecule has 20 heavy (non-hydrogen) atoms. The van der Waals surface area contributed by atoms with Gasteiger partial charge in [0.15, 0.2) is 0 Å². The quantitative estimate of drug-likeness (QED) is 0.716. The molecule has 0 heterocycles. The van der Waals surface area contributed by atoms with E-state index < -0.39 is 17.9 Å². The van der Waals surface area contributed by atoms with Gasteiger partial charge in [-0.2, -0.15) is 0 Å². The fraction of sp³-hybridized carbons (Fsp3) is 0.214. The van der Waals surface area contributed by atoms with E-state index in [0.717, 1.165) is 24.5 Å². The van der Waals surface area contributed by atoms with Crippen molar-refractivity contribution in [2.45, 2.75) is 19.8 Å². The van der Waals surface area contributed by atoms with E-state index in [2.05, 4.69) is 5.32 Å². The Morgan fingerprint density at radius 3 is 2.55 bits per heavy atom. The topological polar surface area (TPSA) is 95.5 Å². The predicted octanol–water partition coefficient (Wildman–Crippen LogP) is 1.93. The van der Waals surface area contributed by atoms with Gasteiger partial charge in [-0.05, 0) is 18.1 Å². The fourth-order valence-corrected chi connectivity index (χ4v) is 1.58. The molecule has 0 aliphatic heterocycles. The zero-order chi connectivity index (χ0) is 15.0. The summed E-state index contributed by atoms with van der Waals surface area (Å²) < 4.78 is 0. The highest BCUT2D eigenvalue weighted by Gasteiger charge is 2.08. The van der Waals surface area contributed by atoms with E-state index in [4.69, 9.17) is 5.11 Å². The molecule has 0 aliphatic carbocycles. The molecule has 0 unspecified atom stereocenters. The molecule has 0 saturated heterocycles. The van der Waals surface area contributed by atoms with Crippen molar-refractivity contribution in [1.82, 2.24) is 5.32 Å². The number of carboxylic acid groups (broad SMARTS) is 1. The number of anilines is 1.